The van der Waals surface area contributed by atoms with Crippen molar-refractivity contribution >= 4 is 32.3 Å². The maximum absolute atomic E-state index is 10.9. The Morgan fingerprint density at radius 2 is 0.449 bits per heavy atom. The third kappa shape index (κ3) is 5.72. The number of hydrogen-bond donors (Lipinski definition) is 3. The van der Waals surface area contributed by atoms with Crippen LogP contribution >= 0.6 is 0 Å². The van der Waals surface area contributed by atoms with Gasteiger partial charge in [-0.05, 0) is 187 Å². The molecular formula is C75H48O3. The van der Waals surface area contributed by atoms with Gasteiger partial charge in [0, 0.05) is 0 Å². The van der Waals surface area contributed by atoms with Gasteiger partial charge in [0.25, 0.3) is 0 Å². The molecule has 0 saturated heterocycles. The first kappa shape index (κ1) is 44.3. The second-order valence-electron chi connectivity index (χ2n) is 21.5. The molecule has 3 atom stereocenters. The first-order chi connectivity index (χ1) is 38.4. The Morgan fingerprint density at radius 3 is 0.744 bits per heavy atom. The highest BCUT2D eigenvalue weighted by Gasteiger charge is 2.60. The minimum absolute atomic E-state index is 0.236. The molecule has 13 aromatic carbocycles. The Labute approximate surface area is 451 Å². The van der Waals surface area contributed by atoms with E-state index in [4.69, 9.17) is 0 Å². The van der Waals surface area contributed by atoms with E-state index in [1.807, 2.05) is 36.4 Å². The Hall–Kier alpha value is -9.96. The normalized spacial score (nSPS) is 18.3. The van der Waals surface area contributed by atoms with Gasteiger partial charge in [-0.15, -0.1) is 0 Å². The molecule has 0 spiro atoms. The Bertz CT molecular complexity index is 4170. The summed E-state index contributed by atoms with van der Waals surface area (Å²) in [7, 11) is 0. The molecule has 16 rings (SSSR count). The van der Waals surface area contributed by atoms with Crippen molar-refractivity contribution in [2.24, 2.45) is 0 Å². The van der Waals surface area contributed by atoms with Crippen molar-refractivity contribution in [1.82, 2.24) is 0 Å². The monoisotopic (exact) mass is 996 g/mol. The molecule has 3 nitrogen and oxygen atoms in total. The minimum atomic E-state index is -0.892. The van der Waals surface area contributed by atoms with Crippen molar-refractivity contribution in [2.45, 2.75) is 16.2 Å². The summed E-state index contributed by atoms with van der Waals surface area (Å²) < 4.78 is 0. The summed E-state index contributed by atoms with van der Waals surface area (Å²) in [5.74, 6) is 0.707. The average Bonchev–Trinajstić information content (AvgIpc) is 1.89. The molecule has 0 fully saturated rings. The van der Waals surface area contributed by atoms with Crippen LogP contribution in [0.4, 0.5) is 0 Å². The van der Waals surface area contributed by atoms with E-state index in [9.17, 15) is 15.3 Å². The number of benzene rings is 13. The van der Waals surface area contributed by atoms with E-state index < -0.39 is 16.2 Å². The molecule has 0 bridgehead atoms. The molecule has 13 aromatic rings. The lowest BCUT2D eigenvalue weighted by Crippen LogP contribution is -2.33. The van der Waals surface area contributed by atoms with E-state index in [1.165, 1.54) is 66.8 Å². The van der Waals surface area contributed by atoms with Gasteiger partial charge in [-0.2, -0.15) is 0 Å². The van der Waals surface area contributed by atoms with Crippen LogP contribution < -0.4 is 0 Å². The lowest BCUT2D eigenvalue weighted by atomic mass is 9.60. The molecule has 3 unspecified atom stereocenters. The van der Waals surface area contributed by atoms with Gasteiger partial charge in [-0.25, -0.2) is 0 Å². The van der Waals surface area contributed by atoms with Crippen molar-refractivity contribution < 1.29 is 15.3 Å². The number of phenolic OH excluding ortho intramolecular Hbond substituents is 3. The van der Waals surface area contributed by atoms with Gasteiger partial charge < -0.3 is 15.3 Å². The SMILES string of the molecule is Oc1ccc2cc(C3(c4ccccc4)c4ccccc4-c4c3c3c(c5c4C(c4ccccc4)(c4ccc6cc(O)ccc6c4)c4ccccc4-5)C(c4ccccc4)(c4ccc5cc(O)ccc5c4)c4ccccc4-3)ccc2c1. The molecule has 3 aliphatic rings. The van der Waals surface area contributed by atoms with E-state index in [2.05, 4.69) is 218 Å². The van der Waals surface area contributed by atoms with Crippen LogP contribution in [0.15, 0.2) is 273 Å². The molecule has 3 N–H and O–H groups in total. The molecule has 78 heavy (non-hydrogen) atoms. The average molecular weight is 997 g/mol. The summed E-state index contributed by atoms with van der Waals surface area (Å²) in [6.07, 6.45) is 0. The summed E-state index contributed by atoms with van der Waals surface area (Å²) in [6, 6.07) is 98.8. The molecule has 3 heteroatoms. The Balaban J connectivity index is 1.21. The number of aromatic hydroxyl groups is 3. The van der Waals surface area contributed by atoms with E-state index >= 15 is 0 Å². The highest BCUT2D eigenvalue weighted by molar-refractivity contribution is 6.10. The quantitative estimate of drug-likeness (QED) is 0.156. The summed E-state index contributed by atoms with van der Waals surface area (Å²) in [4.78, 5) is 0. The number of rotatable bonds is 6. The second kappa shape index (κ2) is 16.3. The smallest absolute Gasteiger partial charge is 0.116 e. The number of fused-ring (bicyclic) bond motifs is 15. The third-order valence-corrected chi connectivity index (χ3v) is 17.8. The zero-order valence-electron chi connectivity index (χ0n) is 42.3. The lowest BCUT2D eigenvalue weighted by Gasteiger charge is -2.40. The molecule has 0 aliphatic heterocycles. The molecular weight excluding hydrogens is 949 g/mol. The zero-order chi connectivity index (χ0) is 51.9. The van der Waals surface area contributed by atoms with Gasteiger partial charge in [0.1, 0.15) is 17.2 Å². The lowest BCUT2D eigenvalue weighted by molar-refractivity contribution is 0.475. The summed E-state index contributed by atoms with van der Waals surface area (Å²) in [5.41, 5.74) is 18.7. The van der Waals surface area contributed by atoms with Crippen LogP contribution in [-0.4, -0.2) is 15.3 Å². The predicted molar refractivity (Wildman–Crippen MR) is 316 cm³/mol. The first-order valence-corrected chi connectivity index (χ1v) is 26.8. The van der Waals surface area contributed by atoms with Crippen molar-refractivity contribution in [3.8, 4) is 50.6 Å². The molecule has 0 aromatic heterocycles. The van der Waals surface area contributed by atoms with Crippen LogP contribution in [0.1, 0.15) is 66.8 Å². The topological polar surface area (TPSA) is 60.7 Å². The van der Waals surface area contributed by atoms with Gasteiger partial charge in [0.05, 0.1) is 16.2 Å². The largest absolute Gasteiger partial charge is 0.508 e. The second-order valence-corrected chi connectivity index (χ2v) is 21.5. The van der Waals surface area contributed by atoms with Crippen molar-refractivity contribution in [3.05, 3.63) is 340 Å². The van der Waals surface area contributed by atoms with Gasteiger partial charge in [0.15, 0.2) is 0 Å². The Morgan fingerprint density at radius 1 is 0.205 bits per heavy atom. The zero-order valence-corrected chi connectivity index (χ0v) is 42.3. The fourth-order valence-corrected chi connectivity index (χ4v) is 14.9. The maximum Gasteiger partial charge on any atom is 0.116 e. The number of hydrogen-bond acceptors (Lipinski definition) is 3. The van der Waals surface area contributed by atoms with E-state index in [-0.39, 0.29) is 17.2 Å². The van der Waals surface area contributed by atoms with Gasteiger partial charge in [0.2, 0.25) is 0 Å². The van der Waals surface area contributed by atoms with Crippen molar-refractivity contribution in [3.63, 3.8) is 0 Å². The fourth-order valence-electron chi connectivity index (χ4n) is 14.9. The predicted octanol–water partition coefficient (Wildman–Crippen LogP) is 17.4. The molecule has 0 amide bonds. The van der Waals surface area contributed by atoms with Crippen molar-refractivity contribution in [2.75, 3.05) is 0 Å². The van der Waals surface area contributed by atoms with Crippen LogP contribution in [-0.2, 0) is 16.2 Å². The first-order valence-electron chi connectivity index (χ1n) is 26.8. The summed E-state index contributed by atoms with van der Waals surface area (Å²) in [5, 5.41) is 38.6. The van der Waals surface area contributed by atoms with Crippen LogP contribution in [0, 0.1) is 0 Å². The van der Waals surface area contributed by atoms with Crippen LogP contribution in [0.25, 0.3) is 65.7 Å². The summed E-state index contributed by atoms with van der Waals surface area (Å²) in [6.45, 7) is 0. The van der Waals surface area contributed by atoms with Gasteiger partial charge in [-0.3, -0.25) is 0 Å². The maximum atomic E-state index is 10.9. The third-order valence-electron chi connectivity index (χ3n) is 17.8. The van der Waals surface area contributed by atoms with Crippen molar-refractivity contribution in [1.29, 1.82) is 0 Å². The van der Waals surface area contributed by atoms with Crippen LogP contribution in [0.3, 0.4) is 0 Å². The molecule has 366 valence electrons. The van der Waals surface area contributed by atoms with Crippen LogP contribution in [0.2, 0.25) is 0 Å². The van der Waals surface area contributed by atoms with Gasteiger partial charge in [-0.1, -0.05) is 218 Å². The highest BCUT2D eigenvalue weighted by Crippen LogP contribution is 2.73. The fraction of sp³-hybridized carbons (Fsp3) is 0.0400. The van der Waals surface area contributed by atoms with Crippen LogP contribution in [0.5, 0.6) is 17.2 Å². The minimum Gasteiger partial charge on any atom is -0.508 e. The van der Waals surface area contributed by atoms with E-state index in [0.717, 1.165) is 65.7 Å². The molecule has 0 saturated carbocycles. The molecule has 0 radical (unpaired) electrons. The Kier molecular flexibility index (Phi) is 9.25. The van der Waals surface area contributed by atoms with Gasteiger partial charge >= 0.3 is 0 Å². The standard InChI is InChI=1S/C75H48O3/c76-58-37-31-46-40-55(34-28-49(46)43-58)73(52-16-4-1-5-17-52)64-25-13-10-22-61(64)67-70(73)68-62-23-11-14-26-65(62)74(53-18-6-2-7-19-53,56-35-29-50-44-59(77)38-32-47(50)41-56)72(68)69-63-24-12-15-27-66(63)75(71(67)69,54-20-8-3-9-21-54)57-36-30-51-45-60(78)39-33-48(51)42-57/h1-45,76-78H. The molecule has 0 heterocycles. The van der Waals surface area contributed by atoms with E-state index in [1.54, 1.807) is 18.2 Å². The summed E-state index contributed by atoms with van der Waals surface area (Å²) >= 11 is 0. The number of phenols is 3. The van der Waals surface area contributed by atoms with E-state index in [0.29, 0.717) is 0 Å². The molecule has 3 aliphatic carbocycles. The highest BCUT2D eigenvalue weighted by atomic mass is 16.3.